The highest BCUT2D eigenvalue weighted by Gasteiger charge is 2.25. The van der Waals surface area contributed by atoms with E-state index in [1.807, 2.05) is 0 Å². The van der Waals surface area contributed by atoms with Gasteiger partial charge in [-0.15, -0.1) is 0 Å². The van der Waals surface area contributed by atoms with Crippen molar-refractivity contribution in [3.05, 3.63) is 22.7 Å². The van der Waals surface area contributed by atoms with Crippen LogP contribution in [0, 0.1) is 0 Å². The molecule has 0 heterocycles. The summed E-state index contributed by atoms with van der Waals surface area (Å²) in [5.74, 6) is -0.359. The summed E-state index contributed by atoms with van der Waals surface area (Å²) in [4.78, 5) is 11.4. The third-order valence-electron chi connectivity index (χ3n) is 2.40. The molecule has 106 valence electrons. The molecule has 8 heteroatoms. The summed E-state index contributed by atoms with van der Waals surface area (Å²) in [5.41, 5.74) is 5.82. The van der Waals surface area contributed by atoms with Crippen LogP contribution in [0.15, 0.2) is 27.6 Å². The molecular formula is C11H16BrN3O3S. The van der Waals surface area contributed by atoms with Gasteiger partial charge in [0, 0.05) is 18.1 Å². The van der Waals surface area contributed by atoms with Crippen molar-refractivity contribution in [1.29, 1.82) is 0 Å². The molecule has 1 aromatic rings. The molecule has 0 radical (unpaired) electrons. The van der Waals surface area contributed by atoms with Crippen LogP contribution < -0.4 is 11.1 Å². The van der Waals surface area contributed by atoms with Crippen molar-refractivity contribution in [2.24, 2.45) is 0 Å². The van der Waals surface area contributed by atoms with Gasteiger partial charge < -0.3 is 11.1 Å². The molecule has 0 aromatic heterocycles. The third-order valence-corrected chi connectivity index (χ3v) is 4.76. The van der Waals surface area contributed by atoms with Crippen molar-refractivity contribution < 1.29 is 13.2 Å². The van der Waals surface area contributed by atoms with Crippen LogP contribution in [0.25, 0.3) is 0 Å². The van der Waals surface area contributed by atoms with Gasteiger partial charge in [0.05, 0.1) is 12.2 Å². The minimum atomic E-state index is -3.79. The summed E-state index contributed by atoms with van der Waals surface area (Å²) in [7, 11) is -2.45. The minimum absolute atomic E-state index is 0.0197. The molecule has 0 aliphatic carbocycles. The van der Waals surface area contributed by atoms with Gasteiger partial charge >= 0.3 is 0 Å². The predicted octanol–water partition coefficient (Wildman–Crippen LogP) is 0.788. The molecule has 0 spiro atoms. The Hall–Kier alpha value is -1.12. The van der Waals surface area contributed by atoms with Gasteiger partial charge in [0.2, 0.25) is 15.9 Å². The number of sulfonamides is 1. The lowest BCUT2D eigenvalue weighted by molar-refractivity contribution is -0.121. The van der Waals surface area contributed by atoms with Crippen molar-refractivity contribution in [2.45, 2.75) is 11.8 Å². The fraction of sp³-hybridized carbons (Fsp3) is 0.364. The standard InChI is InChI=1S/C11H16BrN3O3S/c1-3-14-11(16)7-15(2)19(17,18)10-6-8(12)4-5-9(10)13/h4-6H,3,7,13H2,1-2H3,(H,14,16). The van der Waals surface area contributed by atoms with Gasteiger partial charge in [0.15, 0.2) is 0 Å². The van der Waals surface area contributed by atoms with E-state index in [9.17, 15) is 13.2 Å². The van der Waals surface area contributed by atoms with Crippen molar-refractivity contribution in [1.82, 2.24) is 9.62 Å². The largest absolute Gasteiger partial charge is 0.398 e. The molecule has 1 rings (SSSR count). The van der Waals surface area contributed by atoms with Crippen LogP contribution in [0.4, 0.5) is 5.69 Å². The lowest BCUT2D eigenvalue weighted by atomic mass is 10.3. The van der Waals surface area contributed by atoms with E-state index in [2.05, 4.69) is 21.2 Å². The van der Waals surface area contributed by atoms with Crippen LogP contribution >= 0.6 is 15.9 Å². The first-order valence-electron chi connectivity index (χ1n) is 5.57. The molecule has 1 amide bonds. The van der Waals surface area contributed by atoms with Crippen LogP contribution in [0.5, 0.6) is 0 Å². The first kappa shape index (κ1) is 15.9. The van der Waals surface area contributed by atoms with Gasteiger partial charge in [-0.1, -0.05) is 15.9 Å². The van der Waals surface area contributed by atoms with E-state index in [1.165, 1.54) is 19.2 Å². The second kappa shape index (κ2) is 6.36. The maximum Gasteiger partial charge on any atom is 0.245 e. The van der Waals surface area contributed by atoms with E-state index < -0.39 is 10.0 Å². The van der Waals surface area contributed by atoms with Crippen LogP contribution in [0.1, 0.15) is 6.92 Å². The first-order valence-corrected chi connectivity index (χ1v) is 7.80. The fourth-order valence-corrected chi connectivity index (χ4v) is 3.22. The molecule has 0 fully saturated rings. The van der Waals surface area contributed by atoms with Crippen LogP contribution in [-0.2, 0) is 14.8 Å². The molecular weight excluding hydrogens is 334 g/mol. The van der Waals surface area contributed by atoms with Gasteiger partial charge in [0.25, 0.3) is 0 Å². The van der Waals surface area contributed by atoms with Crippen LogP contribution in [-0.4, -0.2) is 38.8 Å². The number of halogens is 1. The molecule has 0 aliphatic heterocycles. The van der Waals surface area contributed by atoms with E-state index in [0.29, 0.717) is 11.0 Å². The Balaban J connectivity index is 3.03. The molecule has 0 bridgehead atoms. The Morgan fingerprint density at radius 1 is 1.47 bits per heavy atom. The zero-order valence-electron chi connectivity index (χ0n) is 10.7. The Bertz CT molecular complexity index is 575. The lowest BCUT2D eigenvalue weighted by Gasteiger charge is -2.18. The second-order valence-corrected chi connectivity index (χ2v) is 6.83. The average molecular weight is 350 g/mol. The molecule has 0 aliphatic rings. The fourth-order valence-electron chi connectivity index (χ4n) is 1.44. The first-order chi connectivity index (χ1) is 8.78. The molecule has 1 aromatic carbocycles. The molecule has 0 unspecified atom stereocenters. The van der Waals surface area contributed by atoms with E-state index in [0.717, 1.165) is 4.31 Å². The van der Waals surface area contributed by atoms with Gasteiger partial charge in [-0.05, 0) is 25.1 Å². The summed E-state index contributed by atoms with van der Waals surface area (Å²) >= 11 is 3.20. The van der Waals surface area contributed by atoms with Crippen molar-refractivity contribution in [3.8, 4) is 0 Å². The number of nitrogen functional groups attached to an aromatic ring is 1. The number of hydrogen-bond donors (Lipinski definition) is 2. The average Bonchev–Trinajstić information content (AvgIpc) is 2.32. The van der Waals surface area contributed by atoms with Crippen LogP contribution in [0.2, 0.25) is 0 Å². The molecule has 19 heavy (non-hydrogen) atoms. The SMILES string of the molecule is CCNC(=O)CN(C)S(=O)(=O)c1cc(Br)ccc1N. The zero-order valence-corrected chi connectivity index (χ0v) is 13.1. The summed E-state index contributed by atoms with van der Waals surface area (Å²) < 4.78 is 26.2. The third kappa shape index (κ3) is 3.92. The van der Waals surface area contributed by atoms with Crippen molar-refractivity contribution in [3.63, 3.8) is 0 Å². The Morgan fingerprint density at radius 2 is 2.11 bits per heavy atom. The highest BCUT2D eigenvalue weighted by molar-refractivity contribution is 9.10. The number of nitrogens with zero attached hydrogens (tertiary/aromatic N) is 1. The van der Waals surface area contributed by atoms with Gasteiger partial charge in [0.1, 0.15) is 4.90 Å². The molecule has 0 saturated carbocycles. The normalized spacial score (nSPS) is 11.6. The maximum atomic E-state index is 12.3. The monoisotopic (exact) mass is 349 g/mol. The number of rotatable bonds is 5. The summed E-state index contributed by atoms with van der Waals surface area (Å²) in [6.07, 6.45) is 0. The van der Waals surface area contributed by atoms with E-state index in [4.69, 9.17) is 5.73 Å². The molecule has 3 N–H and O–H groups in total. The maximum absolute atomic E-state index is 12.3. The van der Waals surface area contributed by atoms with Crippen molar-refractivity contribution in [2.75, 3.05) is 25.9 Å². The van der Waals surface area contributed by atoms with Crippen molar-refractivity contribution >= 4 is 37.5 Å². The number of carbonyl (C=O) groups excluding carboxylic acids is 1. The number of carbonyl (C=O) groups is 1. The summed E-state index contributed by atoms with van der Waals surface area (Å²) in [5, 5.41) is 2.54. The minimum Gasteiger partial charge on any atom is -0.398 e. The Labute approximate surface area is 121 Å². The number of hydrogen-bond acceptors (Lipinski definition) is 4. The highest BCUT2D eigenvalue weighted by Crippen LogP contribution is 2.25. The van der Waals surface area contributed by atoms with E-state index >= 15 is 0 Å². The number of nitrogens with one attached hydrogen (secondary N) is 1. The lowest BCUT2D eigenvalue weighted by Crippen LogP contribution is -2.38. The quantitative estimate of drug-likeness (QED) is 0.768. The zero-order chi connectivity index (χ0) is 14.6. The second-order valence-electron chi connectivity index (χ2n) is 3.90. The molecule has 0 atom stereocenters. The summed E-state index contributed by atoms with van der Waals surface area (Å²) in [6, 6.07) is 4.56. The number of anilines is 1. The van der Waals surface area contributed by atoms with E-state index in [-0.39, 0.29) is 23.0 Å². The molecule has 6 nitrogen and oxygen atoms in total. The Morgan fingerprint density at radius 3 is 2.68 bits per heavy atom. The number of benzene rings is 1. The summed E-state index contributed by atoms with van der Waals surface area (Å²) in [6.45, 7) is 1.96. The smallest absolute Gasteiger partial charge is 0.245 e. The highest BCUT2D eigenvalue weighted by atomic mass is 79.9. The number of likely N-dealkylation sites (N-methyl/N-ethyl adjacent to an activating group) is 2. The predicted molar refractivity (Wildman–Crippen MR) is 77.1 cm³/mol. The molecule has 0 saturated heterocycles. The number of amides is 1. The van der Waals surface area contributed by atoms with Crippen LogP contribution in [0.3, 0.4) is 0 Å². The van der Waals surface area contributed by atoms with Gasteiger partial charge in [-0.2, -0.15) is 4.31 Å². The van der Waals surface area contributed by atoms with E-state index in [1.54, 1.807) is 13.0 Å². The topological polar surface area (TPSA) is 92.5 Å². The Kier molecular flexibility index (Phi) is 5.33. The van der Waals surface area contributed by atoms with Gasteiger partial charge in [-0.25, -0.2) is 8.42 Å². The number of nitrogens with two attached hydrogens (primary N) is 1. The van der Waals surface area contributed by atoms with Gasteiger partial charge in [-0.3, -0.25) is 4.79 Å².